The van der Waals surface area contributed by atoms with Gasteiger partial charge in [0.05, 0.1) is 23.9 Å². The highest BCUT2D eigenvalue weighted by Crippen LogP contribution is 2.60. The Kier molecular flexibility index (Phi) is 8.34. The maximum Gasteiger partial charge on any atom is 0.355 e. The number of esters is 2. The molecule has 4 aliphatic rings. The molecule has 9 nitrogen and oxygen atoms in total. The lowest BCUT2D eigenvalue weighted by Gasteiger charge is -2.46. The van der Waals surface area contributed by atoms with Crippen molar-refractivity contribution in [3.8, 4) is 0 Å². The molecule has 0 amide bonds. The van der Waals surface area contributed by atoms with Crippen molar-refractivity contribution >= 4 is 29.5 Å². The zero-order valence-electron chi connectivity index (χ0n) is 23.8. The summed E-state index contributed by atoms with van der Waals surface area (Å²) < 4.78 is 30.5. The number of carbonyl (C=O) groups excluding carboxylic acids is 3. The molecule has 3 heterocycles. The van der Waals surface area contributed by atoms with Gasteiger partial charge in [-0.05, 0) is 44.2 Å². The lowest BCUT2D eigenvalue weighted by Crippen LogP contribution is -2.55. The predicted molar refractivity (Wildman–Crippen MR) is 149 cm³/mol. The number of rotatable bonds is 7. The first kappa shape index (κ1) is 29.1. The lowest BCUT2D eigenvalue weighted by atomic mass is 9.58. The van der Waals surface area contributed by atoms with E-state index in [2.05, 4.69) is 11.1 Å². The van der Waals surface area contributed by atoms with Crippen molar-refractivity contribution < 1.29 is 38.1 Å². The molecule has 40 heavy (non-hydrogen) atoms. The van der Waals surface area contributed by atoms with Gasteiger partial charge in [0, 0.05) is 31.1 Å². The van der Waals surface area contributed by atoms with E-state index in [0.29, 0.717) is 11.6 Å². The van der Waals surface area contributed by atoms with E-state index in [-0.39, 0.29) is 36.1 Å². The topological polar surface area (TPSA) is 113 Å². The molecular formula is C30H39NO8S. The standard InChI is InChI=1S/C30H39NO8S/c1-15-12-16(2)30-19(13-22(35-5)29(34)37-25(15)18(4)36-14-40-6)9-10-20-23(30)24(32)17(3)26(27(20)39-30)38-28(33)21-8-7-11-31-21/h7-12,15,17-20,22-23,25-27,31H,13-14H2,1-6H3/b16-12+/t15-,17-,18-,19-,20-,22+,23+,25+,26-,27-,30+/m1/s1. The summed E-state index contributed by atoms with van der Waals surface area (Å²) in [6.45, 7) is 7.69. The van der Waals surface area contributed by atoms with Crippen molar-refractivity contribution in [3.05, 3.63) is 47.8 Å². The smallest absolute Gasteiger partial charge is 0.355 e. The quantitative estimate of drug-likeness (QED) is 0.294. The number of H-pyrrole nitrogens is 1. The lowest BCUT2D eigenvalue weighted by molar-refractivity contribution is -0.173. The molecule has 1 spiro atoms. The molecule has 5 rings (SSSR count). The number of carbonyl (C=O) groups is 3. The van der Waals surface area contributed by atoms with Crippen LogP contribution in [0, 0.1) is 29.6 Å². The van der Waals surface area contributed by atoms with E-state index in [1.54, 1.807) is 30.1 Å². The van der Waals surface area contributed by atoms with Crippen LogP contribution in [0.3, 0.4) is 0 Å². The minimum Gasteiger partial charge on any atom is -0.457 e. The molecular weight excluding hydrogens is 534 g/mol. The Bertz CT molecular complexity index is 1180. The number of Topliss-reactive ketones (excluding diaryl/α,β-unsaturated/α-hetero) is 1. The van der Waals surface area contributed by atoms with Gasteiger partial charge in [-0.3, -0.25) is 4.79 Å². The maximum absolute atomic E-state index is 14.1. The number of hydrogen-bond acceptors (Lipinski definition) is 9. The summed E-state index contributed by atoms with van der Waals surface area (Å²) in [6, 6.07) is 3.36. The Morgan fingerprint density at radius 1 is 1.27 bits per heavy atom. The highest BCUT2D eigenvalue weighted by atomic mass is 32.2. The van der Waals surface area contributed by atoms with Gasteiger partial charge >= 0.3 is 11.9 Å². The molecule has 2 aliphatic carbocycles. The predicted octanol–water partition coefficient (Wildman–Crippen LogP) is 3.95. The Morgan fingerprint density at radius 3 is 2.73 bits per heavy atom. The van der Waals surface area contributed by atoms with Gasteiger partial charge in [-0.1, -0.05) is 32.1 Å². The van der Waals surface area contributed by atoms with E-state index in [0.717, 1.165) is 5.57 Å². The summed E-state index contributed by atoms with van der Waals surface area (Å²) in [6.07, 6.45) is 6.97. The fourth-order valence-corrected chi connectivity index (χ4v) is 7.51. The number of nitrogens with one attached hydrogen (secondary N) is 1. The van der Waals surface area contributed by atoms with Crippen LogP contribution in [0.15, 0.2) is 42.1 Å². The SMILES string of the molecule is CO[C@H]1C[C@H]2C=C[C@H]3[C@H]4O[C@]2(/C(C)=C/[C@@H](C)[C@@H]([C@@H](C)OCSC)OC1=O)[C@@H]3C(=O)[C@@H](C)[C@H]4OC(=O)c1ccc[nH]1. The number of ketones is 1. The molecule has 1 N–H and O–H groups in total. The molecule has 0 unspecified atom stereocenters. The maximum atomic E-state index is 14.1. The second-order valence-corrected chi connectivity index (χ2v) is 12.2. The summed E-state index contributed by atoms with van der Waals surface area (Å²) in [7, 11) is 1.49. The van der Waals surface area contributed by atoms with Gasteiger partial charge in [0.15, 0.2) is 6.10 Å². The molecule has 11 atom stereocenters. The van der Waals surface area contributed by atoms with Gasteiger partial charge in [-0.15, -0.1) is 11.8 Å². The molecule has 1 aromatic heterocycles. The van der Waals surface area contributed by atoms with Gasteiger partial charge in [0.25, 0.3) is 0 Å². The molecule has 218 valence electrons. The normalized spacial score (nSPS) is 41.0. The summed E-state index contributed by atoms with van der Waals surface area (Å²) in [4.78, 5) is 43.3. The van der Waals surface area contributed by atoms with Crippen molar-refractivity contribution in [3.63, 3.8) is 0 Å². The molecule has 2 aliphatic heterocycles. The third kappa shape index (κ3) is 4.76. The van der Waals surface area contributed by atoms with Crippen LogP contribution < -0.4 is 0 Å². The van der Waals surface area contributed by atoms with E-state index in [9.17, 15) is 14.4 Å². The van der Waals surface area contributed by atoms with Crippen LogP contribution in [0.5, 0.6) is 0 Å². The Morgan fingerprint density at radius 2 is 2.05 bits per heavy atom. The zero-order valence-corrected chi connectivity index (χ0v) is 24.6. The number of aromatic nitrogens is 1. The first-order valence-electron chi connectivity index (χ1n) is 13.9. The minimum absolute atomic E-state index is 0.000358. The Balaban J connectivity index is 1.55. The largest absolute Gasteiger partial charge is 0.457 e. The molecule has 1 saturated carbocycles. The molecule has 0 radical (unpaired) electrons. The number of ether oxygens (including phenoxy) is 5. The fourth-order valence-electron chi connectivity index (χ4n) is 7.16. The number of cyclic esters (lactones) is 1. The second-order valence-electron chi connectivity index (χ2n) is 11.4. The summed E-state index contributed by atoms with van der Waals surface area (Å²) in [5.74, 6) is -2.34. The average molecular weight is 574 g/mol. The van der Waals surface area contributed by atoms with E-state index < -0.39 is 53.8 Å². The molecule has 2 fully saturated rings. The average Bonchev–Trinajstić information content (AvgIpc) is 3.54. The van der Waals surface area contributed by atoms with E-state index in [4.69, 9.17) is 23.7 Å². The number of methoxy groups -OCH3 is 1. The third-order valence-corrected chi connectivity index (χ3v) is 9.51. The van der Waals surface area contributed by atoms with E-state index >= 15 is 0 Å². The van der Waals surface area contributed by atoms with Gasteiger partial charge < -0.3 is 28.7 Å². The van der Waals surface area contributed by atoms with Crippen LogP contribution in [0.1, 0.15) is 44.6 Å². The Labute approximate surface area is 239 Å². The molecule has 1 aromatic rings. The highest BCUT2D eigenvalue weighted by Gasteiger charge is 2.69. The van der Waals surface area contributed by atoms with Gasteiger partial charge in [0.1, 0.15) is 35.4 Å². The summed E-state index contributed by atoms with van der Waals surface area (Å²) in [5.41, 5.74) is 0.224. The number of aromatic amines is 1. The van der Waals surface area contributed by atoms with Gasteiger partial charge in [-0.25, -0.2) is 9.59 Å². The molecule has 4 bridgehead atoms. The van der Waals surface area contributed by atoms with Crippen molar-refractivity contribution in [2.45, 2.75) is 70.2 Å². The summed E-state index contributed by atoms with van der Waals surface area (Å²) in [5, 5.41) is 0. The van der Waals surface area contributed by atoms with Gasteiger partial charge in [-0.2, -0.15) is 0 Å². The monoisotopic (exact) mass is 573 g/mol. The van der Waals surface area contributed by atoms with Crippen molar-refractivity contribution in [1.29, 1.82) is 0 Å². The van der Waals surface area contributed by atoms with Crippen LogP contribution in [0.2, 0.25) is 0 Å². The van der Waals surface area contributed by atoms with Crippen molar-refractivity contribution in [2.75, 3.05) is 19.3 Å². The van der Waals surface area contributed by atoms with E-state index in [1.165, 1.54) is 7.11 Å². The molecule has 10 heteroatoms. The van der Waals surface area contributed by atoms with E-state index in [1.807, 2.05) is 46.1 Å². The van der Waals surface area contributed by atoms with Crippen molar-refractivity contribution in [1.82, 2.24) is 4.98 Å². The highest BCUT2D eigenvalue weighted by molar-refractivity contribution is 7.98. The third-order valence-electron chi connectivity index (χ3n) is 9.13. The van der Waals surface area contributed by atoms with Crippen LogP contribution in [0.25, 0.3) is 0 Å². The summed E-state index contributed by atoms with van der Waals surface area (Å²) >= 11 is 1.55. The molecule has 1 saturated heterocycles. The zero-order chi connectivity index (χ0) is 28.8. The minimum atomic E-state index is -1.00. The van der Waals surface area contributed by atoms with Crippen LogP contribution >= 0.6 is 11.8 Å². The number of hydrogen-bond donors (Lipinski definition) is 1. The van der Waals surface area contributed by atoms with Crippen molar-refractivity contribution in [2.24, 2.45) is 29.6 Å². The Hall–Kier alpha value is -2.40. The number of thioether (sulfide) groups is 1. The first-order chi connectivity index (χ1) is 19.1. The van der Waals surface area contributed by atoms with Crippen LogP contribution in [0.4, 0.5) is 0 Å². The second kappa shape index (κ2) is 11.5. The first-order valence-corrected chi connectivity index (χ1v) is 15.3. The van der Waals surface area contributed by atoms with Crippen LogP contribution in [-0.2, 0) is 33.3 Å². The van der Waals surface area contributed by atoms with Gasteiger partial charge in [0.2, 0.25) is 0 Å². The van der Waals surface area contributed by atoms with Crippen LogP contribution in [-0.4, -0.2) is 78.1 Å². The fraction of sp³-hybridized carbons (Fsp3) is 0.633. The molecule has 0 aromatic carbocycles.